The first kappa shape index (κ1) is 15.8. The molecule has 0 aliphatic carbocycles. The number of halogens is 1. The minimum Gasteiger partial charge on any atom is -0.370 e. The Hall–Kier alpha value is -1.29. The van der Waals surface area contributed by atoms with Crippen molar-refractivity contribution in [2.45, 2.75) is 39.7 Å². The van der Waals surface area contributed by atoms with Gasteiger partial charge in [0.25, 0.3) is 5.91 Å². The number of hydrogen-bond donors (Lipinski definition) is 1. The van der Waals surface area contributed by atoms with Gasteiger partial charge in [0, 0.05) is 19.1 Å². The maximum Gasteiger partial charge on any atom is 0.274 e. The molecule has 19 heavy (non-hydrogen) atoms. The molecule has 0 fully saturated rings. The molecule has 0 spiro atoms. The lowest BCUT2D eigenvalue weighted by Crippen LogP contribution is -2.44. The van der Waals surface area contributed by atoms with Crippen molar-refractivity contribution >= 4 is 23.3 Å². The Balaban J connectivity index is 3.08. The highest BCUT2D eigenvalue weighted by Gasteiger charge is 2.28. The van der Waals surface area contributed by atoms with Crippen LogP contribution in [0.4, 0.5) is 5.82 Å². The van der Waals surface area contributed by atoms with Crippen LogP contribution in [-0.4, -0.2) is 34.9 Å². The molecule has 106 valence electrons. The van der Waals surface area contributed by atoms with Gasteiger partial charge in [-0.1, -0.05) is 18.5 Å². The van der Waals surface area contributed by atoms with Crippen LogP contribution >= 0.6 is 11.6 Å². The quantitative estimate of drug-likeness (QED) is 0.900. The Morgan fingerprint density at radius 3 is 2.58 bits per heavy atom. The van der Waals surface area contributed by atoms with Gasteiger partial charge in [-0.3, -0.25) is 4.79 Å². The number of aromatic nitrogens is 1. The van der Waals surface area contributed by atoms with Crippen LogP contribution in [0.15, 0.2) is 12.1 Å². The van der Waals surface area contributed by atoms with E-state index < -0.39 is 0 Å². The molecule has 0 saturated heterocycles. The molecule has 1 aromatic rings. The van der Waals surface area contributed by atoms with E-state index in [2.05, 4.69) is 10.3 Å². The summed E-state index contributed by atoms with van der Waals surface area (Å²) in [6.45, 7) is 8.82. The lowest BCUT2D eigenvalue weighted by molar-refractivity contribution is 0.0614. The van der Waals surface area contributed by atoms with Crippen molar-refractivity contribution in [1.29, 1.82) is 0 Å². The molecular formula is C14H22ClN3O. The van der Waals surface area contributed by atoms with Gasteiger partial charge in [0.15, 0.2) is 0 Å². The summed E-state index contributed by atoms with van der Waals surface area (Å²) < 4.78 is 0. The summed E-state index contributed by atoms with van der Waals surface area (Å²) in [5.41, 5.74) is 0.0696. The maximum atomic E-state index is 12.5. The summed E-state index contributed by atoms with van der Waals surface area (Å²) in [6, 6.07) is 3.47. The van der Waals surface area contributed by atoms with Crippen molar-refractivity contribution in [3.05, 3.63) is 22.8 Å². The molecule has 1 rings (SSSR count). The second-order valence-electron chi connectivity index (χ2n) is 5.09. The molecule has 0 saturated carbocycles. The Kier molecular flexibility index (Phi) is 5.18. The molecule has 0 unspecified atom stereocenters. The van der Waals surface area contributed by atoms with Crippen LogP contribution in [0.2, 0.25) is 5.02 Å². The van der Waals surface area contributed by atoms with Crippen molar-refractivity contribution < 1.29 is 4.79 Å². The highest BCUT2D eigenvalue weighted by Crippen LogP contribution is 2.23. The standard InChI is InChI=1S/C14H22ClN3O/c1-6-14(3,4)18(5)13(19)12-10(15)8-9-11(17-12)16-7-2/h8-9H,6-7H2,1-5H3,(H,16,17). The predicted molar refractivity (Wildman–Crippen MR) is 79.9 cm³/mol. The van der Waals surface area contributed by atoms with E-state index in [0.29, 0.717) is 16.5 Å². The van der Waals surface area contributed by atoms with Gasteiger partial charge in [0.1, 0.15) is 11.5 Å². The van der Waals surface area contributed by atoms with E-state index in [9.17, 15) is 4.79 Å². The minimum absolute atomic E-state index is 0.156. The second kappa shape index (κ2) is 6.24. The first-order valence-corrected chi connectivity index (χ1v) is 6.89. The van der Waals surface area contributed by atoms with Gasteiger partial charge in [-0.05, 0) is 39.3 Å². The van der Waals surface area contributed by atoms with Gasteiger partial charge in [0.05, 0.1) is 5.02 Å². The summed E-state index contributed by atoms with van der Waals surface area (Å²) in [4.78, 5) is 18.5. The Bertz CT molecular complexity index is 460. The van der Waals surface area contributed by atoms with Crippen molar-refractivity contribution in [1.82, 2.24) is 9.88 Å². The molecule has 1 aromatic heterocycles. The molecule has 0 aromatic carbocycles. The summed E-state index contributed by atoms with van der Waals surface area (Å²) >= 11 is 6.09. The summed E-state index contributed by atoms with van der Waals surface area (Å²) in [7, 11) is 1.78. The second-order valence-corrected chi connectivity index (χ2v) is 5.49. The monoisotopic (exact) mass is 283 g/mol. The number of carbonyl (C=O) groups excluding carboxylic acids is 1. The fraction of sp³-hybridized carbons (Fsp3) is 0.571. The zero-order chi connectivity index (χ0) is 14.6. The lowest BCUT2D eigenvalue weighted by atomic mass is 9.99. The Labute approximate surface area is 120 Å². The van der Waals surface area contributed by atoms with Gasteiger partial charge in [0.2, 0.25) is 0 Å². The minimum atomic E-state index is -0.226. The van der Waals surface area contributed by atoms with Crippen molar-refractivity contribution in [3.8, 4) is 0 Å². The number of nitrogens with zero attached hydrogens (tertiary/aromatic N) is 2. The zero-order valence-corrected chi connectivity index (χ0v) is 13.0. The number of nitrogens with one attached hydrogen (secondary N) is 1. The summed E-state index contributed by atoms with van der Waals surface area (Å²) in [5.74, 6) is 0.509. The number of amides is 1. The van der Waals surface area contributed by atoms with Gasteiger partial charge in [-0.2, -0.15) is 0 Å². The van der Waals surface area contributed by atoms with Crippen molar-refractivity contribution in [2.24, 2.45) is 0 Å². The molecule has 0 atom stereocenters. The highest BCUT2D eigenvalue weighted by atomic mass is 35.5. The largest absolute Gasteiger partial charge is 0.370 e. The molecule has 0 bridgehead atoms. The van der Waals surface area contributed by atoms with Crippen LogP contribution in [0.5, 0.6) is 0 Å². The molecule has 4 nitrogen and oxygen atoms in total. The van der Waals surface area contributed by atoms with E-state index in [1.54, 1.807) is 24.1 Å². The van der Waals surface area contributed by atoms with Gasteiger partial charge in [-0.25, -0.2) is 4.98 Å². The average molecular weight is 284 g/mol. The third-order valence-corrected chi connectivity index (χ3v) is 3.79. The van der Waals surface area contributed by atoms with Gasteiger partial charge in [-0.15, -0.1) is 0 Å². The number of carbonyl (C=O) groups is 1. The van der Waals surface area contributed by atoms with E-state index in [-0.39, 0.29) is 11.4 Å². The zero-order valence-electron chi connectivity index (χ0n) is 12.2. The molecule has 1 amide bonds. The molecule has 0 aliphatic rings. The van der Waals surface area contributed by atoms with Gasteiger partial charge >= 0.3 is 0 Å². The van der Waals surface area contributed by atoms with E-state index in [0.717, 1.165) is 13.0 Å². The summed E-state index contributed by atoms with van der Waals surface area (Å²) in [6.07, 6.45) is 0.861. The highest BCUT2D eigenvalue weighted by molar-refractivity contribution is 6.33. The number of pyridine rings is 1. The third-order valence-electron chi connectivity index (χ3n) is 3.48. The SMILES string of the molecule is CCNc1ccc(Cl)c(C(=O)N(C)C(C)(C)CC)n1. The van der Waals surface area contributed by atoms with E-state index in [4.69, 9.17) is 11.6 Å². The molecule has 1 heterocycles. The van der Waals surface area contributed by atoms with Crippen molar-refractivity contribution in [2.75, 3.05) is 18.9 Å². The summed E-state index contributed by atoms with van der Waals surface area (Å²) in [5, 5.41) is 3.46. The average Bonchev–Trinajstić information content (AvgIpc) is 2.39. The van der Waals surface area contributed by atoms with Crippen LogP contribution in [0.3, 0.4) is 0 Å². The Morgan fingerprint density at radius 1 is 1.42 bits per heavy atom. The first-order valence-electron chi connectivity index (χ1n) is 6.52. The Morgan fingerprint density at radius 2 is 2.05 bits per heavy atom. The molecule has 0 aliphatic heterocycles. The van der Waals surface area contributed by atoms with E-state index >= 15 is 0 Å². The molecule has 5 heteroatoms. The van der Waals surface area contributed by atoms with Gasteiger partial charge < -0.3 is 10.2 Å². The van der Waals surface area contributed by atoms with Crippen molar-refractivity contribution in [3.63, 3.8) is 0 Å². The molecule has 0 radical (unpaired) electrons. The topological polar surface area (TPSA) is 45.2 Å². The fourth-order valence-corrected chi connectivity index (χ4v) is 1.73. The smallest absolute Gasteiger partial charge is 0.274 e. The van der Waals surface area contributed by atoms with Crippen LogP contribution < -0.4 is 5.32 Å². The third kappa shape index (κ3) is 3.60. The van der Waals surface area contributed by atoms with Crippen LogP contribution in [0.25, 0.3) is 0 Å². The predicted octanol–water partition coefficient (Wildman–Crippen LogP) is 3.43. The van der Waals surface area contributed by atoms with E-state index in [1.165, 1.54) is 0 Å². The van der Waals surface area contributed by atoms with Crippen LogP contribution in [0.1, 0.15) is 44.6 Å². The number of anilines is 1. The van der Waals surface area contributed by atoms with Crippen LogP contribution in [-0.2, 0) is 0 Å². The number of rotatable bonds is 5. The fourth-order valence-electron chi connectivity index (χ4n) is 1.54. The van der Waals surface area contributed by atoms with E-state index in [1.807, 2.05) is 27.7 Å². The first-order chi connectivity index (χ1) is 8.83. The maximum absolute atomic E-state index is 12.5. The normalized spacial score (nSPS) is 11.3. The molecular weight excluding hydrogens is 262 g/mol. The lowest BCUT2D eigenvalue weighted by Gasteiger charge is -2.34. The molecule has 1 N–H and O–H groups in total. The number of hydrogen-bond acceptors (Lipinski definition) is 3. The van der Waals surface area contributed by atoms with Crippen LogP contribution in [0, 0.1) is 0 Å².